The van der Waals surface area contributed by atoms with Crippen LogP contribution in [-0.4, -0.2) is 16.6 Å². The van der Waals surface area contributed by atoms with Gasteiger partial charge in [0.2, 0.25) is 0 Å². The fourth-order valence-corrected chi connectivity index (χ4v) is 1.76. The molecule has 1 atom stereocenters. The Morgan fingerprint density at radius 1 is 1.35 bits per heavy atom. The molecule has 1 unspecified atom stereocenters. The van der Waals surface area contributed by atoms with Crippen LogP contribution in [0.3, 0.4) is 0 Å². The zero-order valence-corrected chi connectivity index (χ0v) is 9.71. The summed E-state index contributed by atoms with van der Waals surface area (Å²) in [5.74, 6) is -3.18. The third kappa shape index (κ3) is 3.78. The lowest BCUT2D eigenvalue weighted by Gasteiger charge is -2.29. The van der Waals surface area contributed by atoms with Gasteiger partial charge in [0.05, 0.1) is 6.42 Å². The number of nitrogens with two attached hydrogens (primary N) is 1. The van der Waals surface area contributed by atoms with E-state index < -0.39 is 29.1 Å². The third-order valence-electron chi connectivity index (χ3n) is 2.56. The van der Waals surface area contributed by atoms with Crippen LogP contribution >= 0.6 is 0 Å². The average Bonchev–Trinajstić information content (AvgIpc) is 2.10. The van der Waals surface area contributed by atoms with Gasteiger partial charge in [-0.3, -0.25) is 4.79 Å². The Hall–Kier alpha value is -1.49. The van der Waals surface area contributed by atoms with Gasteiger partial charge in [-0.15, -0.1) is 0 Å². The van der Waals surface area contributed by atoms with E-state index in [-0.39, 0.29) is 12.0 Å². The Kier molecular flexibility index (Phi) is 3.83. The Morgan fingerprint density at radius 2 is 1.82 bits per heavy atom. The minimum atomic E-state index is -1.06. The third-order valence-corrected chi connectivity index (χ3v) is 2.56. The smallest absolute Gasteiger partial charge is 0.304 e. The van der Waals surface area contributed by atoms with E-state index in [9.17, 15) is 13.6 Å². The highest BCUT2D eigenvalue weighted by Crippen LogP contribution is 2.30. The van der Waals surface area contributed by atoms with Gasteiger partial charge in [0.15, 0.2) is 0 Å². The van der Waals surface area contributed by atoms with Gasteiger partial charge >= 0.3 is 5.97 Å². The summed E-state index contributed by atoms with van der Waals surface area (Å²) in [6, 6.07) is 2.97. The fourth-order valence-electron chi connectivity index (χ4n) is 1.76. The van der Waals surface area contributed by atoms with Crippen molar-refractivity contribution < 1.29 is 18.7 Å². The minimum absolute atomic E-state index is 0.261. The van der Waals surface area contributed by atoms with Crippen LogP contribution in [0.15, 0.2) is 18.2 Å². The molecule has 0 spiro atoms. The molecule has 1 aromatic carbocycles. The van der Waals surface area contributed by atoms with Gasteiger partial charge in [0.25, 0.3) is 0 Å². The molecule has 5 heteroatoms. The Bertz CT molecular complexity index is 407. The molecule has 0 bridgehead atoms. The van der Waals surface area contributed by atoms with Gasteiger partial charge in [-0.2, -0.15) is 0 Å². The number of hydrogen-bond acceptors (Lipinski definition) is 2. The van der Waals surface area contributed by atoms with Crippen LogP contribution in [-0.2, 0) is 4.79 Å². The molecule has 94 valence electrons. The normalized spacial score (nSPS) is 13.5. The van der Waals surface area contributed by atoms with Crippen molar-refractivity contribution in [1.82, 2.24) is 0 Å². The molecular weight excluding hydrogens is 228 g/mol. The van der Waals surface area contributed by atoms with E-state index in [4.69, 9.17) is 10.8 Å². The van der Waals surface area contributed by atoms with E-state index in [1.54, 1.807) is 13.8 Å². The van der Waals surface area contributed by atoms with Crippen LogP contribution in [0.4, 0.5) is 8.78 Å². The van der Waals surface area contributed by atoms with Crippen LogP contribution in [0.5, 0.6) is 0 Å². The lowest BCUT2D eigenvalue weighted by atomic mass is 9.80. The number of benzene rings is 1. The summed E-state index contributed by atoms with van der Waals surface area (Å²) >= 11 is 0. The molecule has 0 saturated heterocycles. The maximum atomic E-state index is 13.1. The van der Waals surface area contributed by atoms with Crippen LogP contribution in [0.25, 0.3) is 0 Å². The molecule has 0 saturated carbocycles. The van der Waals surface area contributed by atoms with Crippen molar-refractivity contribution in [1.29, 1.82) is 0 Å². The number of hydrogen-bond donors (Lipinski definition) is 2. The molecule has 1 aromatic rings. The quantitative estimate of drug-likeness (QED) is 0.852. The van der Waals surface area contributed by atoms with Crippen LogP contribution in [0, 0.1) is 11.6 Å². The van der Waals surface area contributed by atoms with Crippen molar-refractivity contribution >= 4 is 5.97 Å². The Balaban J connectivity index is 3.17. The fraction of sp³-hybridized carbons (Fsp3) is 0.417. The zero-order chi connectivity index (χ0) is 13.2. The lowest BCUT2D eigenvalue weighted by molar-refractivity contribution is -0.137. The van der Waals surface area contributed by atoms with Gasteiger partial charge in [0, 0.05) is 17.5 Å². The molecular formula is C12H15F2NO2. The van der Waals surface area contributed by atoms with Crippen LogP contribution < -0.4 is 5.73 Å². The lowest BCUT2D eigenvalue weighted by Crippen LogP contribution is -2.40. The SMILES string of the molecule is CC(C)(N)C(CC(=O)O)c1cc(F)cc(F)c1. The van der Waals surface area contributed by atoms with Gasteiger partial charge in [-0.25, -0.2) is 8.78 Å². The molecule has 0 aromatic heterocycles. The first-order chi connectivity index (χ1) is 7.70. The molecule has 0 amide bonds. The van der Waals surface area contributed by atoms with Gasteiger partial charge in [-0.1, -0.05) is 0 Å². The van der Waals surface area contributed by atoms with Crippen molar-refractivity contribution in [3.8, 4) is 0 Å². The minimum Gasteiger partial charge on any atom is -0.481 e. The van der Waals surface area contributed by atoms with Crippen LogP contribution in [0.2, 0.25) is 0 Å². The van der Waals surface area contributed by atoms with Gasteiger partial charge in [-0.05, 0) is 31.5 Å². The highest BCUT2D eigenvalue weighted by Gasteiger charge is 2.29. The highest BCUT2D eigenvalue weighted by atomic mass is 19.1. The number of carbonyl (C=O) groups is 1. The summed E-state index contributed by atoms with van der Waals surface area (Å²) < 4.78 is 26.2. The molecule has 0 fully saturated rings. The van der Waals surface area contributed by atoms with E-state index in [1.165, 1.54) is 0 Å². The van der Waals surface area contributed by atoms with E-state index in [1.807, 2.05) is 0 Å². The topological polar surface area (TPSA) is 63.3 Å². The van der Waals surface area contributed by atoms with Crippen LogP contribution in [0.1, 0.15) is 31.7 Å². The van der Waals surface area contributed by atoms with E-state index in [0.29, 0.717) is 0 Å². The molecule has 0 aliphatic heterocycles. The van der Waals surface area contributed by atoms with Crippen molar-refractivity contribution in [2.45, 2.75) is 31.7 Å². The molecule has 0 heterocycles. The first kappa shape index (κ1) is 13.6. The maximum absolute atomic E-state index is 13.1. The first-order valence-electron chi connectivity index (χ1n) is 5.17. The molecule has 0 radical (unpaired) electrons. The molecule has 0 aliphatic rings. The molecule has 0 aliphatic carbocycles. The molecule has 1 rings (SSSR count). The predicted molar refractivity (Wildman–Crippen MR) is 59.6 cm³/mol. The monoisotopic (exact) mass is 243 g/mol. The first-order valence-corrected chi connectivity index (χ1v) is 5.17. The van der Waals surface area contributed by atoms with Gasteiger partial charge in [0.1, 0.15) is 11.6 Å². The van der Waals surface area contributed by atoms with Crippen molar-refractivity contribution in [2.75, 3.05) is 0 Å². The average molecular weight is 243 g/mol. The number of carboxylic acids is 1. The summed E-state index contributed by atoms with van der Waals surface area (Å²) in [4.78, 5) is 10.8. The van der Waals surface area contributed by atoms with E-state index >= 15 is 0 Å². The van der Waals surface area contributed by atoms with Crippen molar-refractivity contribution in [3.05, 3.63) is 35.4 Å². The summed E-state index contributed by atoms with van der Waals surface area (Å²) in [6.07, 6.45) is -0.271. The standard InChI is InChI=1S/C12H15F2NO2/c1-12(2,15)10(6-11(16)17)7-3-8(13)5-9(14)4-7/h3-5,10H,6,15H2,1-2H3,(H,16,17). The van der Waals surface area contributed by atoms with Crippen molar-refractivity contribution in [3.63, 3.8) is 0 Å². The van der Waals surface area contributed by atoms with E-state index in [2.05, 4.69) is 0 Å². The second-order valence-electron chi connectivity index (χ2n) is 4.67. The summed E-state index contributed by atoms with van der Waals surface area (Å²) in [6.45, 7) is 3.26. The largest absolute Gasteiger partial charge is 0.481 e. The van der Waals surface area contributed by atoms with Crippen molar-refractivity contribution in [2.24, 2.45) is 5.73 Å². The van der Waals surface area contributed by atoms with Gasteiger partial charge < -0.3 is 10.8 Å². The summed E-state index contributed by atoms with van der Waals surface area (Å²) in [5, 5.41) is 8.80. The molecule has 3 nitrogen and oxygen atoms in total. The highest BCUT2D eigenvalue weighted by molar-refractivity contribution is 5.68. The molecule has 3 N–H and O–H groups in total. The van der Waals surface area contributed by atoms with E-state index in [0.717, 1.165) is 18.2 Å². The predicted octanol–water partition coefficient (Wildman–Crippen LogP) is 2.26. The number of aliphatic carboxylic acids is 1. The Morgan fingerprint density at radius 3 is 2.18 bits per heavy atom. The number of carboxylic acid groups (broad SMARTS) is 1. The molecule has 17 heavy (non-hydrogen) atoms. The summed E-state index contributed by atoms with van der Waals surface area (Å²) in [5.41, 5.74) is 5.24. The second kappa shape index (κ2) is 4.79. The number of rotatable bonds is 4. The summed E-state index contributed by atoms with van der Waals surface area (Å²) in [7, 11) is 0. The zero-order valence-electron chi connectivity index (χ0n) is 9.71. The number of halogens is 2. The Labute approximate surface area is 98.2 Å². The second-order valence-corrected chi connectivity index (χ2v) is 4.67. The maximum Gasteiger partial charge on any atom is 0.304 e.